The molecule has 0 heterocycles. The van der Waals surface area contributed by atoms with Crippen molar-refractivity contribution >= 4 is 0 Å². The molecule has 0 aliphatic carbocycles. The van der Waals surface area contributed by atoms with E-state index >= 15 is 0 Å². The van der Waals surface area contributed by atoms with Gasteiger partial charge in [-0.15, -0.1) is 0 Å². The van der Waals surface area contributed by atoms with Gasteiger partial charge in [0, 0.05) is 11.6 Å². The van der Waals surface area contributed by atoms with Crippen molar-refractivity contribution < 1.29 is 0 Å². The van der Waals surface area contributed by atoms with E-state index in [1.54, 1.807) is 0 Å². The zero-order valence-electron chi connectivity index (χ0n) is 10.6. The van der Waals surface area contributed by atoms with Crippen molar-refractivity contribution in [3.05, 3.63) is 0 Å². The molecule has 0 radical (unpaired) electrons. The Morgan fingerprint density at radius 1 is 1.21 bits per heavy atom. The topological polar surface area (TPSA) is 41.3 Å². The lowest BCUT2D eigenvalue weighted by Crippen LogP contribution is -2.61. The van der Waals surface area contributed by atoms with Crippen LogP contribution >= 0.6 is 0 Å². The van der Waals surface area contributed by atoms with Crippen LogP contribution in [0.25, 0.3) is 0 Å². The maximum absolute atomic E-state index is 5.63. The van der Waals surface area contributed by atoms with Gasteiger partial charge in [0.15, 0.2) is 0 Å². The van der Waals surface area contributed by atoms with Crippen LogP contribution in [0.3, 0.4) is 0 Å². The summed E-state index contributed by atoms with van der Waals surface area (Å²) in [6.45, 7) is 15.4. The first-order chi connectivity index (χ1) is 6.41. The number of likely N-dealkylation sites (N-methyl/N-ethyl adjacent to an activating group) is 1. The molecular formula is C11H27N3. The molecule has 0 amide bonds. The molecule has 3 heteroatoms. The van der Waals surface area contributed by atoms with Gasteiger partial charge in [0.1, 0.15) is 0 Å². The summed E-state index contributed by atoms with van der Waals surface area (Å²) in [7, 11) is 0. The first-order valence-corrected chi connectivity index (χ1v) is 5.62. The Balaban J connectivity index is 4.69. The molecule has 0 spiro atoms. The van der Waals surface area contributed by atoms with Gasteiger partial charge in [0.2, 0.25) is 0 Å². The van der Waals surface area contributed by atoms with E-state index in [2.05, 4.69) is 51.9 Å². The van der Waals surface area contributed by atoms with Gasteiger partial charge in [-0.25, -0.2) is 0 Å². The average molecular weight is 201 g/mol. The third kappa shape index (κ3) is 2.94. The molecule has 14 heavy (non-hydrogen) atoms. The SMILES string of the molecule is CCN(CC)C(C)(C)C(NN)C(C)C. The summed E-state index contributed by atoms with van der Waals surface area (Å²) in [4.78, 5) is 2.44. The van der Waals surface area contributed by atoms with Crippen LogP contribution in [0.2, 0.25) is 0 Å². The Kier molecular flexibility index (Phi) is 5.64. The van der Waals surface area contributed by atoms with Gasteiger partial charge in [-0.1, -0.05) is 27.7 Å². The molecule has 0 bridgehead atoms. The van der Waals surface area contributed by atoms with Gasteiger partial charge < -0.3 is 0 Å². The summed E-state index contributed by atoms with van der Waals surface area (Å²) in [6, 6.07) is 0.322. The lowest BCUT2D eigenvalue weighted by molar-refractivity contribution is 0.0719. The molecule has 0 saturated heterocycles. The molecule has 0 aromatic carbocycles. The molecule has 3 N–H and O–H groups in total. The maximum atomic E-state index is 5.63. The second-order valence-electron chi connectivity index (χ2n) is 4.71. The first-order valence-electron chi connectivity index (χ1n) is 5.62. The van der Waals surface area contributed by atoms with Crippen LogP contribution in [-0.4, -0.2) is 29.6 Å². The summed E-state index contributed by atoms with van der Waals surface area (Å²) in [6.07, 6.45) is 0. The minimum Gasteiger partial charge on any atom is -0.297 e. The highest BCUT2D eigenvalue weighted by atomic mass is 15.3. The van der Waals surface area contributed by atoms with Crippen LogP contribution in [0.5, 0.6) is 0 Å². The zero-order chi connectivity index (χ0) is 11.4. The Bertz CT molecular complexity index is 151. The Labute approximate surface area is 89.0 Å². The predicted molar refractivity (Wildman–Crippen MR) is 62.9 cm³/mol. The first kappa shape index (κ1) is 13.9. The minimum absolute atomic E-state index is 0.104. The summed E-state index contributed by atoms with van der Waals surface area (Å²) in [5, 5.41) is 0. The molecule has 0 aromatic rings. The number of rotatable bonds is 6. The van der Waals surface area contributed by atoms with Crippen molar-refractivity contribution in [2.45, 2.75) is 53.1 Å². The summed E-state index contributed by atoms with van der Waals surface area (Å²) in [5.41, 5.74) is 3.05. The largest absolute Gasteiger partial charge is 0.297 e. The average Bonchev–Trinajstić information content (AvgIpc) is 2.05. The van der Waals surface area contributed by atoms with Crippen LogP contribution in [0.1, 0.15) is 41.5 Å². The summed E-state index contributed by atoms with van der Waals surface area (Å²) >= 11 is 0. The van der Waals surface area contributed by atoms with E-state index in [4.69, 9.17) is 5.84 Å². The highest BCUT2D eigenvalue weighted by Gasteiger charge is 2.34. The third-order valence-electron chi connectivity index (χ3n) is 3.19. The van der Waals surface area contributed by atoms with Crippen molar-refractivity contribution in [2.24, 2.45) is 11.8 Å². The van der Waals surface area contributed by atoms with E-state index in [-0.39, 0.29) is 5.54 Å². The number of nitrogens with one attached hydrogen (secondary N) is 1. The van der Waals surface area contributed by atoms with E-state index < -0.39 is 0 Å². The van der Waals surface area contributed by atoms with Crippen molar-refractivity contribution in [2.75, 3.05) is 13.1 Å². The molecule has 0 aromatic heterocycles. The van der Waals surface area contributed by atoms with Crippen LogP contribution < -0.4 is 11.3 Å². The van der Waals surface area contributed by atoms with Crippen LogP contribution in [0.4, 0.5) is 0 Å². The minimum atomic E-state index is 0.104. The quantitative estimate of drug-likeness (QED) is 0.506. The van der Waals surface area contributed by atoms with Crippen molar-refractivity contribution in [3.8, 4) is 0 Å². The standard InChI is InChI=1S/C11H27N3/c1-7-14(8-2)11(5,6)10(13-12)9(3)4/h9-10,13H,7-8,12H2,1-6H3. The van der Waals surface area contributed by atoms with E-state index in [0.29, 0.717) is 12.0 Å². The van der Waals surface area contributed by atoms with Crippen LogP contribution in [0.15, 0.2) is 0 Å². The molecule has 0 rings (SSSR count). The molecule has 3 nitrogen and oxygen atoms in total. The zero-order valence-corrected chi connectivity index (χ0v) is 10.6. The molecule has 0 aliphatic rings. The van der Waals surface area contributed by atoms with E-state index in [1.165, 1.54) is 0 Å². The van der Waals surface area contributed by atoms with Gasteiger partial charge in [-0.05, 0) is 32.9 Å². The Hall–Kier alpha value is -0.120. The fourth-order valence-electron chi connectivity index (χ4n) is 2.45. The molecule has 0 saturated carbocycles. The van der Waals surface area contributed by atoms with Crippen LogP contribution in [-0.2, 0) is 0 Å². The fourth-order valence-corrected chi connectivity index (χ4v) is 2.45. The number of nitrogens with two attached hydrogens (primary N) is 1. The second-order valence-corrected chi connectivity index (χ2v) is 4.71. The molecule has 0 fully saturated rings. The van der Waals surface area contributed by atoms with E-state index in [1.807, 2.05) is 0 Å². The van der Waals surface area contributed by atoms with Gasteiger partial charge in [-0.3, -0.25) is 16.2 Å². The van der Waals surface area contributed by atoms with Gasteiger partial charge in [-0.2, -0.15) is 0 Å². The van der Waals surface area contributed by atoms with Gasteiger partial charge >= 0.3 is 0 Å². The molecule has 86 valence electrons. The summed E-state index contributed by atoms with van der Waals surface area (Å²) < 4.78 is 0. The lowest BCUT2D eigenvalue weighted by atomic mass is 9.85. The number of hydrogen-bond acceptors (Lipinski definition) is 3. The lowest BCUT2D eigenvalue weighted by Gasteiger charge is -2.44. The smallest absolute Gasteiger partial charge is 0.0412 e. The van der Waals surface area contributed by atoms with Crippen molar-refractivity contribution in [1.29, 1.82) is 0 Å². The highest BCUT2D eigenvalue weighted by molar-refractivity contribution is 4.93. The van der Waals surface area contributed by atoms with E-state index in [9.17, 15) is 0 Å². The van der Waals surface area contributed by atoms with Gasteiger partial charge in [0.25, 0.3) is 0 Å². The maximum Gasteiger partial charge on any atom is 0.0412 e. The molecule has 0 aliphatic heterocycles. The summed E-state index contributed by atoms with van der Waals surface area (Å²) in [5.74, 6) is 6.17. The number of nitrogens with zero attached hydrogens (tertiary/aromatic N) is 1. The predicted octanol–water partition coefficient (Wildman–Crippen LogP) is 1.59. The molecule has 1 atom stereocenters. The Morgan fingerprint density at radius 3 is 1.86 bits per heavy atom. The third-order valence-corrected chi connectivity index (χ3v) is 3.19. The number of hydrogen-bond donors (Lipinski definition) is 2. The van der Waals surface area contributed by atoms with Crippen LogP contribution in [0, 0.1) is 5.92 Å². The Morgan fingerprint density at radius 2 is 1.64 bits per heavy atom. The second kappa shape index (κ2) is 5.69. The fraction of sp³-hybridized carbons (Fsp3) is 1.00. The number of hydrazine groups is 1. The van der Waals surface area contributed by atoms with Crippen molar-refractivity contribution in [3.63, 3.8) is 0 Å². The highest BCUT2D eigenvalue weighted by Crippen LogP contribution is 2.23. The molecule has 1 unspecified atom stereocenters. The monoisotopic (exact) mass is 201 g/mol. The van der Waals surface area contributed by atoms with E-state index in [0.717, 1.165) is 13.1 Å². The normalized spacial score (nSPS) is 15.2. The van der Waals surface area contributed by atoms with Gasteiger partial charge in [0.05, 0.1) is 0 Å². The molecular weight excluding hydrogens is 174 g/mol. The van der Waals surface area contributed by atoms with Crippen molar-refractivity contribution in [1.82, 2.24) is 10.3 Å².